The van der Waals surface area contributed by atoms with Gasteiger partial charge in [0.05, 0.1) is 17.7 Å². The maximum atomic E-state index is 14.1. The molecule has 5 rings (SSSR count). The van der Waals surface area contributed by atoms with Crippen LogP contribution in [0.5, 0.6) is 11.5 Å². The monoisotopic (exact) mass is 671 g/mol. The van der Waals surface area contributed by atoms with E-state index < -0.39 is 5.92 Å². The van der Waals surface area contributed by atoms with Gasteiger partial charge in [-0.1, -0.05) is 83.9 Å². The SMILES string of the molecule is CC.CC.CCC.Cc1ccc(OCC(=O)N2CCN(CC3=NC4=CCC=CC=C4C(=O)C3c3cc(C=O)ccc3OC(C)C)CC2)cc1. The van der Waals surface area contributed by atoms with Crippen LogP contribution in [0, 0.1) is 6.92 Å². The van der Waals surface area contributed by atoms with Gasteiger partial charge in [-0.3, -0.25) is 24.3 Å². The molecule has 1 aliphatic carbocycles. The number of fused-ring (bicyclic) bond motifs is 1. The molecule has 266 valence electrons. The predicted octanol–water partition coefficient (Wildman–Crippen LogP) is 8.16. The highest BCUT2D eigenvalue weighted by molar-refractivity contribution is 6.22. The van der Waals surface area contributed by atoms with Crippen molar-refractivity contribution in [3.05, 3.63) is 94.7 Å². The van der Waals surface area contributed by atoms with E-state index in [-0.39, 0.29) is 24.4 Å². The number of ether oxygens (including phenoxy) is 2. The molecule has 3 aliphatic rings. The van der Waals surface area contributed by atoms with Gasteiger partial charge in [0.1, 0.15) is 17.8 Å². The molecule has 2 aliphatic heterocycles. The summed E-state index contributed by atoms with van der Waals surface area (Å²) in [7, 11) is 0. The van der Waals surface area contributed by atoms with Crippen LogP contribution in [0.15, 0.2) is 83.0 Å². The van der Waals surface area contributed by atoms with E-state index >= 15 is 0 Å². The highest BCUT2D eigenvalue weighted by atomic mass is 16.5. The molecule has 2 aromatic rings. The first kappa shape index (κ1) is 40.9. The van der Waals surface area contributed by atoms with Crippen LogP contribution in [0.4, 0.5) is 0 Å². The van der Waals surface area contributed by atoms with E-state index in [2.05, 4.69) is 18.7 Å². The fourth-order valence-corrected chi connectivity index (χ4v) is 5.39. The number of hydrogen-bond donors (Lipinski definition) is 0. The summed E-state index contributed by atoms with van der Waals surface area (Å²) < 4.78 is 11.8. The van der Waals surface area contributed by atoms with Crippen molar-refractivity contribution in [3.8, 4) is 11.5 Å². The summed E-state index contributed by atoms with van der Waals surface area (Å²) in [5.74, 6) is 0.454. The summed E-state index contributed by atoms with van der Waals surface area (Å²) in [6.45, 7) is 21.0. The number of benzene rings is 2. The topological polar surface area (TPSA) is 88.5 Å². The molecule has 49 heavy (non-hydrogen) atoms. The standard InChI is InChI=1S/C34H37N3O5.C3H8.2C2H6/c1-23(2)42-31-14-11-25(21-38)19-28(31)33-30(35-29-8-6-4-5-7-27(29)34(33)40)20-36-15-17-37(18-16-36)32(39)22-41-26-12-9-24(3)10-13-26;1-3-2;2*1-2/h4-5,7-14,19,21,23,33H,6,15-18,20,22H2,1-3H3;3H2,1-2H3;2*1-2H3. The van der Waals surface area contributed by atoms with Crippen LogP contribution >= 0.6 is 0 Å². The number of aldehydes is 1. The normalized spacial score (nSPS) is 16.9. The summed E-state index contributed by atoms with van der Waals surface area (Å²) in [6.07, 6.45) is 10.3. The van der Waals surface area contributed by atoms with Crippen molar-refractivity contribution < 1.29 is 23.9 Å². The molecule has 2 aromatic carbocycles. The van der Waals surface area contributed by atoms with Crippen molar-refractivity contribution in [2.45, 2.75) is 87.2 Å². The quantitative estimate of drug-likeness (QED) is 0.250. The average Bonchev–Trinajstić information content (AvgIpc) is 3.36. The van der Waals surface area contributed by atoms with Crippen LogP contribution in [0.25, 0.3) is 0 Å². The summed E-state index contributed by atoms with van der Waals surface area (Å²) in [5.41, 5.74) is 4.21. The lowest BCUT2D eigenvalue weighted by atomic mass is 9.81. The Morgan fingerprint density at radius 1 is 1.00 bits per heavy atom. The summed E-state index contributed by atoms with van der Waals surface area (Å²) in [5, 5.41) is 0. The van der Waals surface area contributed by atoms with Crippen molar-refractivity contribution in [1.82, 2.24) is 9.80 Å². The lowest BCUT2D eigenvalue weighted by molar-refractivity contribution is -0.135. The van der Waals surface area contributed by atoms with E-state index in [1.807, 2.05) is 102 Å². The summed E-state index contributed by atoms with van der Waals surface area (Å²) >= 11 is 0. The largest absolute Gasteiger partial charge is 0.491 e. The Balaban J connectivity index is 0.00000111. The van der Waals surface area contributed by atoms with Crippen molar-refractivity contribution in [2.75, 3.05) is 39.3 Å². The zero-order chi connectivity index (χ0) is 36.3. The smallest absolute Gasteiger partial charge is 0.260 e. The highest BCUT2D eigenvalue weighted by Crippen LogP contribution is 2.38. The number of hydrogen-bond acceptors (Lipinski definition) is 7. The molecule has 0 spiro atoms. The first-order valence-electron chi connectivity index (χ1n) is 17.9. The number of nitrogens with zero attached hydrogens (tertiary/aromatic N) is 3. The van der Waals surface area contributed by atoms with Crippen LogP contribution in [0.2, 0.25) is 0 Å². The van der Waals surface area contributed by atoms with E-state index in [1.165, 1.54) is 6.42 Å². The number of carbonyl (C=O) groups excluding carboxylic acids is 3. The minimum absolute atomic E-state index is 0.00462. The van der Waals surface area contributed by atoms with E-state index in [1.54, 1.807) is 18.2 Å². The van der Waals surface area contributed by atoms with Gasteiger partial charge in [0.2, 0.25) is 0 Å². The number of amides is 1. The molecular weight excluding hydrogens is 614 g/mol. The Labute approximate surface area is 294 Å². The third-order valence-corrected chi connectivity index (χ3v) is 7.58. The fourth-order valence-electron chi connectivity index (χ4n) is 5.39. The van der Waals surface area contributed by atoms with Gasteiger partial charge in [-0.05, 0) is 63.6 Å². The van der Waals surface area contributed by atoms with Crippen molar-refractivity contribution in [2.24, 2.45) is 4.99 Å². The molecule has 1 amide bonds. The van der Waals surface area contributed by atoms with Gasteiger partial charge in [0, 0.05) is 55.1 Å². The van der Waals surface area contributed by atoms with E-state index in [0.717, 1.165) is 11.8 Å². The zero-order valence-corrected chi connectivity index (χ0v) is 31.1. The Morgan fingerprint density at radius 2 is 1.65 bits per heavy atom. The molecule has 0 radical (unpaired) electrons. The second-order valence-corrected chi connectivity index (χ2v) is 11.8. The summed E-state index contributed by atoms with van der Waals surface area (Å²) in [6, 6.07) is 12.9. The third-order valence-electron chi connectivity index (χ3n) is 7.58. The second kappa shape index (κ2) is 21.6. The number of aliphatic imine (C=N–C) groups is 1. The number of rotatable bonds is 9. The first-order valence-corrected chi connectivity index (χ1v) is 17.9. The van der Waals surface area contributed by atoms with Crippen LogP contribution < -0.4 is 9.47 Å². The third kappa shape index (κ3) is 12.0. The summed E-state index contributed by atoms with van der Waals surface area (Å²) in [4.78, 5) is 47.7. The number of aryl methyl sites for hydroxylation is 1. The molecule has 0 saturated carbocycles. The molecule has 0 bridgehead atoms. The maximum Gasteiger partial charge on any atom is 0.260 e. The predicted molar refractivity (Wildman–Crippen MR) is 201 cm³/mol. The maximum absolute atomic E-state index is 14.1. The lowest BCUT2D eigenvalue weighted by Crippen LogP contribution is -2.51. The van der Waals surface area contributed by atoms with Crippen molar-refractivity contribution in [1.29, 1.82) is 0 Å². The van der Waals surface area contributed by atoms with E-state index in [0.29, 0.717) is 78.8 Å². The average molecular weight is 672 g/mol. The first-order chi connectivity index (χ1) is 23.7. The van der Waals surface area contributed by atoms with Crippen LogP contribution in [-0.2, 0) is 9.59 Å². The van der Waals surface area contributed by atoms with Gasteiger partial charge in [0.15, 0.2) is 12.4 Å². The molecule has 1 saturated heterocycles. The fraction of sp³-hybridized carbons (Fsp3) is 0.463. The van der Waals surface area contributed by atoms with E-state index in [4.69, 9.17) is 14.5 Å². The minimum atomic E-state index is -0.684. The molecule has 0 N–H and O–H groups in total. The Hall–Kier alpha value is -4.30. The van der Waals surface area contributed by atoms with Gasteiger partial charge >= 0.3 is 0 Å². The number of allylic oxidation sites excluding steroid dienone is 5. The molecule has 1 fully saturated rings. The van der Waals surface area contributed by atoms with Crippen molar-refractivity contribution >= 4 is 23.7 Å². The van der Waals surface area contributed by atoms with Crippen LogP contribution in [0.3, 0.4) is 0 Å². The molecule has 0 aromatic heterocycles. The van der Waals surface area contributed by atoms with Crippen LogP contribution in [0.1, 0.15) is 95.6 Å². The highest BCUT2D eigenvalue weighted by Gasteiger charge is 2.38. The molecule has 1 unspecified atom stereocenters. The van der Waals surface area contributed by atoms with Gasteiger partial charge in [0.25, 0.3) is 5.91 Å². The molecule has 8 heteroatoms. The van der Waals surface area contributed by atoms with Crippen molar-refractivity contribution in [3.63, 3.8) is 0 Å². The van der Waals surface area contributed by atoms with Gasteiger partial charge in [-0.15, -0.1) is 0 Å². The number of carbonyl (C=O) groups is 3. The number of piperazine rings is 1. The van der Waals surface area contributed by atoms with Gasteiger partial charge < -0.3 is 14.4 Å². The Bertz CT molecular complexity index is 1480. The molecule has 1 atom stereocenters. The molecule has 2 heterocycles. The lowest BCUT2D eigenvalue weighted by Gasteiger charge is -2.36. The van der Waals surface area contributed by atoms with Gasteiger partial charge in [-0.2, -0.15) is 0 Å². The van der Waals surface area contributed by atoms with E-state index in [9.17, 15) is 14.4 Å². The number of ketones is 1. The minimum Gasteiger partial charge on any atom is -0.491 e. The zero-order valence-electron chi connectivity index (χ0n) is 31.1. The molecule has 8 nitrogen and oxygen atoms in total. The van der Waals surface area contributed by atoms with Crippen LogP contribution in [-0.4, -0.2) is 78.9 Å². The Morgan fingerprint density at radius 3 is 2.27 bits per heavy atom. The van der Waals surface area contributed by atoms with Gasteiger partial charge in [-0.25, -0.2) is 0 Å². The Kier molecular flexibility index (Phi) is 18.0. The number of Topliss-reactive ketones (excluding diaryl/α,β-unsaturated/α-hetero) is 1. The molecular formula is C41H57N3O5. The second-order valence-electron chi connectivity index (χ2n) is 11.8.